The summed E-state index contributed by atoms with van der Waals surface area (Å²) in [5, 5.41) is 7.51. The largest absolute Gasteiger partial charge is 0.497 e. The number of anilines is 2. The first kappa shape index (κ1) is 22.2. The Kier molecular flexibility index (Phi) is 5.37. The number of aryl methyl sites for hydroxylation is 1. The Hall–Kier alpha value is -4.32. The summed E-state index contributed by atoms with van der Waals surface area (Å²) in [7, 11) is 1.64. The van der Waals surface area contributed by atoms with Crippen molar-refractivity contribution >= 4 is 28.1 Å². The summed E-state index contributed by atoms with van der Waals surface area (Å²) in [5.74, 6) is 0.819. The molecule has 0 amide bonds. The van der Waals surface area contributed by atoms with Gasteiger partial charge in [0.2, 0.25) is 0 Å². The maximum atomic E-state index is 13.8. The van der Waals surface area contributed by atoms with Crippen LogP contribution in [-0.4, -0.2) is 12.9 Å². The molecule has 0 fully saturated rings. The van der Waals surface area contributed by atoms with Crippen LogP contribution in [0.4, 0.5) is 11.4 Å². The number of ketones is 1. The van der Waals surface area contributed by atoms with Gasteiger partial charge in [0.1, 0.15) is 17.6 Å². The highest BCUT2D eigenvalue weighted by molar-refractivity contribution is 6.01. The van der Waals surface area contributed by atoms with Crippen molar-refractivity contribution < 1.29 is 13.9 Å². The number of para-hydroxylation sites is 2. The van der Waals surface area contributed by atoms with Gasteiger partial charge in [0.15, 0.2) is 11.2 Å². The molecule has 2 aliphatic rings. The number of methoxy groups -OCH3 is 1. The number of hydrogen-bond acceptors (Lipinski definition) is 6. The van der Waals surface area contributed by atoms with Crippen LogP contribution in [0.2, 0.25) is 0 Å². The molecular weight excluding hydrogens is 452 g/mol. The molecule has 3 aromatic carbocycles. The molecule has 36 heavy (non-hydrogen) atoms. The van der Waals surface area contributed by atoms with Crippen molar-refractivity contribution in [3.8, 4) is 5.75 Å². The fourth-order valence-corrected chi connectivity index (χ4v) is 5.30. The first-order valence-electron chi connectivity index (χ1n) is 12.1. The number of allylic oxidation sites excluding steroid dienone is 1. The molecule has 4 aromatic rings. The number of fused-ring (bicyclic) bond motifs is 2. The van der Waals surface area contributed by atoms with Crippen molar-refractivity contribution in [2.45, 2.75) is 31.7 Å². The average Bonchev–Trinajstić information content (AvgIpc) is 3.06. The maximum absolute atomic E-state index is 13.8. The van der Waals surface area contributed by atoms with Gasteiger partial charge >= 0.3 is 0 Å². The SMILES string of the molecule is COc1ccc([C@@H]2CC(=O)C3=C(C2)Nc2ccccc2N[C@@H]3c2coc3ccc(C)cc3c2=O)cc1. The van der Waals surface area contributed by atoms with Crippen molar-refractivity contribution in [2.75, 3.05) is 17.7 Å². The van der Waals surface area contributed by atoms with E-state index < -0.39 is 6.04 Å². The molecule has 0 spiro atoms. The lowest BCUT2D eigenvalue weighted by Gasteiger charge is -2.29. The maximum Gasteiger partial charge on any atom is 0.198 e. The monoisotopic (exact) mass is 478 g/mol. The van der Waals surface area contributed by atoms with Gasteiger partial charge in [-0.3, -0.25) is 9.59 Å². The molecule has 1 aromatic heterocycles. The van der Waals surface area contributed by atoms with Gasteiger partial charge in [-0.2, -0.15) is 0 Å². The second-order valence-corrected chi connectivity index (χ2v) is 9.46. The Morgan fingerprint density at radius 2 is 1.72 bits per heavy atom. The zero-order valence-electron chi connectivity index (χ0n) is 20.1. The van der Waals surface area contributed by atoms with Gasteiger partial charge in [0, 0.05) is 17.7 Å². The summed E-state index contributed by atoms with van der Waals surface area (Å²) < 4.78 is 11.2. The summed E-state index contributed by atoms with van der Waals surface area (Å²) >= 11 is 0. The number of hydrogen-bond donors (Lipinski definition) is 2. The van der Waals surface area contributed by atoms with E-state index in [1.807, 2.05) is 73.7 Å². The number of rotatable bonds is 3. The van der Waals surface area contributed by atoms with Crippen LogP contribution in [0, 0.1) is 6.92 Å². The molecule has 0 radical (unpaired) electrons. The summed E-state index contributed by atoms with van der Waals surface area (Å²) in [6.07, 6.45) is 2.51. The van der Waals surface area contributed by atoms with Crippen molar-refractivity contribution in [3.05, 3.63) is 111 Å². The number of nitrogens with one attached hydrogen (secondary N) is 2. The molecule has 2 atom stereocenters. The quantitative estimate of drug-likeness (QED) is 0.371. The van der Waals surface area contributed by atoms with Gasteiger partial charge in [0.25, 0.3) is 0 Å². The zero-order chi connectivity index (χ0) is 24.8. The molecule has 0 bridgehead atoms. The van der Waals surface area contributed by atoms with Crippen molar-refractivity contribution in [1.82, 2.24) is 0 Å². The van der Waals surface area contributed by atoms with E-state index in [2.05, 4.69) is 10.6 Å². The third-order valence-electron chi connectivity index (χ3n) is 7.16. The minimum atomic E-state index is -0.623. The number of carbonyl (C=O) groups is 1. The molecule has 0 saturated heterocycles. The van der Waals surface area contributed by atoms with Crippen LogP contribution in [0.15, 0.2) is 93.5 Å². The molecule has 2 heterocycles. The Bertz CT molecular complexity index is 1580. The van der Waals surface area contributed by atoms with Gasteiger partial charge in [-0.05, 0) is 61.2 Å². The van der Waals surface area contributed by atoms with E-state index in [0.717, 1.165) is 33.9 Å². The standard InChI is InChI=1S/C30H26N2O4/c1-17-7-12-27-21(13-17)30(34)22(16-36-27)29-28-25(31-23-5-3-4-6-24(23)32-29)14-19(15-26(28)33)18-8-10-20(35-2)11-9-18/h3-13,16,19,29,31-32H,14-15H2,1-2H3/t19-,29+/m0/s1. The number of benzene rings is 3. The van der Waals surface area contributed by atoms with Crippen LogP contribution in [-0.2, 0) is 4.79 Å². The van der Waals surface area contributed by atoms with Crippen LogP contribution in [0.3, 0.4) is 0 Å². The third-order valence-corrected chi connectivity index (χ3v) is 7.16. The predicted molar refractivity (Wildman–Crippen MR) is 141 cm³/mol. The first-order chi connectivity index (χ1) is 17.5. The molecule has 0 unspecified atom stereocenters. The normalized spacial score (nSPS) is 19.1. The van der Waals surface area contributed by atoms with Gasteiger partial charge in [-0.15, -0.1) is 0 Å². The number of carbonyl (C=O) groups excluding carboxylic acids is 1. The summed E-state index contributed by atoms with van der Waals surface area (Å²) in [5.41, 5.74) is 6.01. The Balaban J connectivity index is 1.49. The molecule has 180 valence electrons. The summed E-state index contributed by atoms with van der Waals surface area (Å²) in [4.78, 5) is 27.4. The lowest BCUT2D eigenvalue weighted by Crippen LogP contribution is -2.29. The van der Waals surface area contributed by atoms with Gasteiger partial charge < -0.3 is 19.8 Å². The summed E-state index contributed by atoms with van der Waals surface area (Å²) in [6, 6.07) is 20.6. The molecule has 1 aliphatic heterocycles. The summed E-state index contributed by atoms with van der Waals surface area (Å²) in [6.45, 7) is 1.94. The number of ether oxygens (including phenoxy) is 1. The van der Waals surface area contributed by atoms with Crippen LogP contribution in [0.25, 0.3) is 11.0 Å². The van der Waals surface area contributed by atoms with E-state index in [1.54, 1.807) is 7.11 Å². The molecule has 6 nitrogen and oxygen atoms in total. The van der Waals surface area contributed by atoms with E-state index in [1.165, 1.54) is 6.26 Å². The average molecular weight is 479 g/mol. The fourth-order valence-electron chi connectivity index (χ4n) is 5.30. The topological polar surface area (TPSA) is 80.6 Å². The van der Waals surface area contributed by atoms with Gasteiger partial charge in [-0.1, -0.05) is 35.9 Å². The van der Waals surface area contributed by atoms with Crippen LogP contribution in [0.1, 0.15) is 41.5 Å². The Morgan fingerprint density at radius 3 is 2.50 bits per heavy atom. The van der Waals surface area contributed by atoms with E-state index in [-0.39, 0.29) is 17.1 Å². The molecule has 6 heteroatoms. The van der Waals surface area contributed by atoms with Crippen molar-refractivity contribution in [2.24, 2.45) is 0 Å². The van der Waals surface area contributed by atoms with Crippen LogP contribution < -0.4 is 20.8 Å². The lowest BCUT2D eigenvalue weighted by molar-refractivity contribution is -0.116. The molecule has 0 saturated carbocycles. The van der Waals surface area contributed by atoms with Crippen LogP contribution >= 0.6 is 0 Å². The predicted octanol–water partition coefficient (Wildman–Crippen LogP) is 6.09. The fraction of sp³-hybridized carbons (Fsp3) is 0.200. The lowest BCUT2D eigenvalue weighted by atomic mass is 9.78. The van der Waals surface area contributed by atoms with Crippen molar-refractivity contribution in [3.63, 3.8) is 0 Å². The van der Waals surface area contributed by atoms with E-state index in [4.69, 9.17) is 9.15 Å². The highest BCUT2D eigenvalue weighted by Crippen LogP contribution is 2.44. The van der Waals surface area contributed by atoms with Gasteiger partial charge in [-0.25, -0.2) is 0 Å². The first-order valence-corrected chi connectivity index (χ1v) is 12.1. The van der Waals surface area contributed by atoms with Gasteiger partial charge in [0.05, 0.1) is 35.5 Å². The molecule has 2 N–H and O–H groups in total. The smallest absolute Gasteiger partial charge is 0.198 e. The number of Topliss-reactive ketones (excluding diaryl/α,β-unsaturated/α-hetero) is 1. The second-order valence-electron chi connectivity index (χ2n) is 9.46. The third kappa shape index (κ3) is 3.75. The van der Waals surface area contributed by atoms with E-state index in [0.29, 0.717) is 34.9 Å². The highest BCUT2D eigenvalue weighted by Gasteiger charge is 2.37. The molecule has 1 aliphatic carbocycles. The zero-order valence-corrected chi connectivity index (χ0v) is 20.1. The Labute approximate surface area is 208 Å². The highest BCUT2D eigenvalue weighted by atomic mass is 16.5. The minimum Gasteiger partial charge on any atom is -0.497 e. The molecule has 6 rings (SSSR count). The molecular formula is C30H26N2O4. The van der Waals surface area contributed by atoms with E-state index >= 15 is 0 Å². The van der Waals surface area contributed by atoms with Crippen LogP contribution in [0.5, 0.6) is 5.75 Å². The van der Waals surface area contributed by atoms with E-state index in [9.17, 15) is 9.59 Å². The second kappa shape index (κ2) is 8.72. The van der Waals surface area contributed by atoms with Crippen molar-refractivity contribution in [1.29, 1.82) is 0 Å². The Morgan fingerprint density at radius 1 is 0.944 bits per heavy atom. The minimum absolute atomic E-state index is 0.0126.